The number of fused-ring (bicyclic) bond motifs is 3. The maximum Gasteiger partial charge on any atom is 0.417 e. The van der Waals surface area contributed by atoms with Gasteiger partial charge in [0.25, 0.3) is 6.02 Å². The van der Waals surface area contributed by atoms with E-state index >= 15 is 0 Å². The van der Waals surface area contributed by atoms with Gasteiger partial charge >= 0.3 is 6.18 Å². The number of carbonyl (C=O) groups is 1. The van der Waals surface area contributed by atoms with Gasteiger partial charge < -0.3 is 19.9 Å². The third-order valence-electron chi connectivity index (χ3n) is 7.02. The number of aromatic nitrogens is 1. The number of aliphatic imine (C=N–C) groups is 1. The van der Waals surface area contributed by atoms with E-state index in [1.54, 1.807) is 18.2 Å². The predicted molar refractivity (Wildman–Crippen MR) is 116 cm³/mol. The summed E-state index contributed by atoms with van der Waals surface area (Å²) in [5, 5.41) is -0.355. The number of amidine groups is 1. The first-order valence-corrected chi connectivity index (χ1v) is 10.9. The summed E-state index contributed by atoms with van der Waals surface area (Å²) in [4.78, 5) is 21.3. The molecule has 2 spiro atoms. The molecule has 180 valence electrons. The van der Waals surface area contributed by atoms with E-state index in [4.69, 9.17) is 36.5 Å². The molecule has 1 unspecified atom stereocenters. The van der Waals surface area contributed by atoms with Crippen molar-refractivity contribution >= 4 is 23.4 Å². The van der Waals surface area contributed by atoms with Crippen LogP contribution in [0.1, 0.15) is 41.0 Å². The first-order valence-electron chi connectivity index (χ1n) is 10.5. The van der Waals surface area contributed by atoms with E-state index < -0.39 is 34.1 Å². The molecule has 1 aromatic heterocycles. The van der Waals surface area contributed by atoms with Crippen molar-refractivity contribution in [3.8, 4) is 5.75 Å². The molecule has 11 heteroatoms. The zero-order chi connectivity index (χ0) is 24.5. The van der Waals surface area contributed by atoms with Gasteiger partial charge in [-0.1, -0.05) is 17.7 Å². The van der Waals surface area contributed by atoms with Crippen LogP contribution in [-0.2, 0) is 27.6 Å². The minimum absolute atomic E-state index is 0.0668. The Balaban J connectivity index is 1.51. The molecule has 0 amide bonds. The molecule has 4 heterocycles. The zero-order valence-electron chi connectivity index (χ0n) is 18.3. The number of nitrogens with two attached hydrogens (primary N) is 1. The third kappa shape index (κ3) is 3.19. The summed E-state index contributed by atoms with van der Waals surface area (Å²) in [6, 6.07) is 6.03. The highest BCUT2D eigenvalue weighted by atomic mass is 35.5. The number of hydrogen-bond donors (Lipinski definition) is 1. The summed E-state index contributed by atoms with van der Waals surface area (Å²) in [6.07, 6.45) is -4.13. The molecule has 5 rings (SSSR count). The molecule has 1 aromatic carbocycles. The summed E-state index contributed by atoms with van der Waals surface area (Å²) in [7, 11) is 0. The molecule has 3 aliphatic heterocycles. The van der Waals surface area contributed by atoms with E-state index in [0.29, 0.717) is 42.4 Å². The smallest absolute Gasteiger partial charge is 0.417 e. The van der Waals surface area contributed by atoms with Gasteiger partial charge in [-0.15, -0.1) is 0 Å². The van der Waals surface area contributed by atoms with Crippen molar-refractivity contribution in [3.63, 3.8) is 0 Å². The van der Waals surface area contributed by atoms with Crippen molar-refractivity contribution < 1.29 is 32.2 Å². The van der Waals surface area contributed by atoms with E-state index in [1.807, 2.05) is 13.8 Å². The van der Waals surface area contributed by atoms with Gasteiger partial charge in [0.1, 0.15) is 29.2 Å². The third-order valence-corrected chi connectivity index (χ3v) is 7.31. The molecule has 1 atom stereocenters. The van der Waals surface area contributed by atoms with Crippen molar-refractivity contribution in [3.05, 3.63) is 57.9 Å². The van der Waals surface area contributed by atoms with Gasteiger partial charge in [0.15, 0.2) is 5.78 Å². The first kappa shape index (κ1) is 22.9. The second-order valence-electron chi connectivity index (χ2n) is 9.27. The first-order chi connectivity index (χ1) is 15.9. The SMILES string of the molecule is CC1(C)Oc2ccc(CC(=O)c3ncc(C(F)(F)F)cc3Cl)cc2C2(COC(N)=N2)C12COC2. The predicted octanol–water partition coefficient (Wildman–Crippen LogP) is 3.91. The second kappa shape index (κ2) is 7.32. The number of nitrogens with zero attached hydrogens (tertiary/aromatic N) is 2. The summed E-state index contributed by atoms with van der Waals surface area (Å²) >= 11 is 5.96. The Morgan fingerprint density at radius 2 is 1.94 bits per heavy atom. The molecule has 2 N–H and O–H groups in total. The van der Waals surface area contributed by atoms with E-state index in [2.05, 4.69) is 4.98 Å². The fourth-order valence-electron chi connectivity index (χ4n) is 5.00. The number of rotatable bonds is 3. The van der Waals surface area contributed by atoms with Gasteiger partial charge in [-0.2, -0.15) is 13.2 Å². The van der Waals surface area contributed by atoms with Crippen molar-refractivity contribution in [2.24, 2.45) is 16.1 Å². The Kier molecular flexibility index (Phi) is 4.94. The highest BCUT2D eigenvalue weighted by molar-refractivity contribution is 6.33. The number of hydrogen-bond acceptors (Lipinski definition) is 7. The Morgan fingerprint density at radius 3 is 2.50 bits per heavy atom. The van der Waals surface area contributed by atoms with E-state index in [0.717, 1.165) is 0 Å². The lowest BCUT2D eigenvalue weighted by Crippen LogP contribution is -2.71. The van der Waals surface area contributed by atoms with Gasteiger partial charge in [0.05, 0.1) is 29.2 Å². The molecule has 0 aliphatic carbocycles. The molecule has 1 fully saturated rings. The number of ether oxygens (including phenoxy) is 3. The van der Waals surface area contributed by atoms with Crippen LogP contribution in [0.5, 0.6) is 5.75 Å². The number of alkyl halides is 3. The molecule has 1 saturated heterocycles. The summed E-state index contributed by atoms with van der Waals surface area (Å²) in [6.45, 7) is 4.94. The molecule has 0 saturated carbocycles. The lowest BCUT2D eigenvalue weighted by molar-refractivity contribution is -0.247. The highest BCUT2D eigenvalue weighted by Crippen LogP contribution is 2.62. The minimum Gasteiger partial charge on any atom is -0.487 e. The fraction of sp³-hybridized carbons (Fsp3) is 0.435. The lowest BCUT2D eigenvalue weighted by Gasteiger charge is -2.61. The Morgan fingerprint density at radius 1 is 1.21 bits per heavy atom. The molecule has 34 heavy (non-hydrogen) atoms. The highest BCUT2D eigenvalue weighted by Gasteiger charge is 2.71. The monoisotopic (exact) mass is 495 g/mol. The van der Waals surface area contributed by atoms with Crippen LogP contribution in [0.25, 0.3) is 0 Å². The fourth-order valence-corrected chi connectivity index (χ4v) is 5.27. The Hall–Kier alpha value is -2.85. The largest absolute Gasteiger partial charge is 0.487 e. The Bertz CT molecular complexity index is 1230. The lowest BCUT2D eigenvalue weighted by atomic mass is 9.55. The number of ketones is 1. The van der Waals surface area contributed by atoms with Gasteiger partial charge in [-0.05, 0) is 37.6 Å². The summed E-state index contributed by atoms with van der Waals surface area (Å²) in [5.74, 6) is 0.0728. The number of Topliss-reactive ketones (excluding diaryl/α,β-unsaturated/α-hetero) is 1. The topological polar surface area (TPSA) is 96.0 Å². The average Bonchev–Trinajstić information content (AvgIpc) is 3.08. The van der Waals surface area contributed by atoms with Crippen molar-refractivity contribution in [2.45, 2.75) is 37.6 Å². The Labute approximate surface area is 198 Å². The molecule has 2 aromatic rings. The number of carbonyl (C=O) groups excluding carboxylic acids is 1. The average molecular weight is 496 g/mol. The minimum atomic E-state index is -4.61. The van der Waals surface area contributed by atoms with Crippen LogP contribution < -0.4 is 10.5 Å². The van der Waals surface area contributed by atoms with Crippen LogP contribution in [0.3, 0.4) is 0 Å². The summed E-state index contributed by atoms with van der Waals surface area (Å²) in [5.41, 5.74) is 3.96. The molecular weight excluding hydrogens is 475 g/mol. The van der Waals surface area contributed by atoms with Crippen LogP contribution in [-0.4, -0.2) is 42.2 Å². The van der Waals surface area contributed by atoms with Crippen LogP contribution in [0.2, 0.25) is 5.02 Å². The van der Waals surface area contributed by atoms with Gasteiger partial charge in [-0.3, -0.25) is 9.78 Å². The second-order valence-corrected chi connectivity index (χ2v) is 9.68. The summed E-state index contributed by atoms with van der Waals surface area (Å²) < 4.78 is 56.2. The van der Waals surface area contributed by atoms with Gasteiger partial charge in [0.2, 0.25) is 0 Å². The molecule has 0 bridgehead atoms. The van der Waals surface area contributed by atoms with Crippen LogP contribution in [0.4, 0.5) is 13.2 Å². The van der Waals surface area contributed by atoms with Crippen molar-refractivity contribution in [2.75, 3.05) is 19.8 Å². The number of benzene rings is 1. The number of pyridine rings is 1. The van der Waals surface area contributed by atoms with Crippen molar-refractivity contribution in [1.29, 1.82) is 0 Å². The standard InChI is InChI=1S/C23H21ClF3N3O4/c1-20(2)21(9-32-10-21)22(11-33-19(28)30-22)14-5-12(3-4-17(14)34-20)6-16(31)18-15(24)7-13(8-29-18)23(25,26)27/h3-5,7-8H,6,9-11H2,1-2H3,(H2,28,30). The zero-order valence-corrected chi connectivity index (χ0v) is 19.1. The maximum atomic E-state index is 12.9. The van der Waals surface area contributed by atoms with Crippen molar-refractivity contribution in [1.82, 2.24) is 4.98 Å². The molecule has 3 aliphatic rings. The normalized spacial score (nSPS) is 24.1. The molecular formula is C23H21ClF3N3O4. The van der Waals surface area contributed by atoms with E-state index in [1.165, 1.54) is 0 Å². The maximum absolute atomic E-state index is 12.9. The van der Waals surface area contributed by atoms with Crippen LogP contribution in [0.15, 0.2) is 35.5 Å². The van der Waals surface area contributed by atoms with E-state index in [-0.39, 0.29) is 29.8 Å². The van der Waals surface area contributed by atoms with Crippen LogP contribution in [0, 0.1) is 5.41 Å². The quantitative estimate of drug-likeness (QED) is 0.649. The van der Waals surface area contributed by atoms with Gasteiger partial charge in [0, 0.05) is 18.2 Å². The van der Waals surface area contributed by atoms with E-state index in [9.17, 15) is 18.0 Å². The molecule has 7 nitrogen and oxygen atoms in total. The van der Waals surface area contributed by atoms with Gasteiger partial charge in [-0.25, -0.2) is 4.99 Å². The van der Waals surface area contributed by atoms with Crippen LogP contribution >= 0.6 is 11.6 Å². The molecule has 0 radical (unpaired) electrons. The number of halogens is 4.